The second-order valence-corrected chi connectivity index (χ2v) is 5.52. The van der Waals surface area contributed by atoms with Crippen molar-refractivity contribution in [3.63, 3.8) is 0 Å². The minimum Gasteiger partial charge on any atom is -0.497 e. The molecule has 120 valence electrons. The summed E-state index contributed by atoms with van der Waals surface area (Å²) in [6.07, 6.45) is 1.28. The first-order valence-electron chi connectivity index (χ1n) is 7.33. The number of anilines is 1. The highest BCUT2D eigenvalue weighted by molar-refractivity contribution is 6.04. The zero-order valence-corrected chi connectivity index (χ0v) is 13.0. The van der Waals surface area contributed by atoms with E-state index in [-0.39, 0.29) is 5.91 Å². The SMILES string of the molecule is COc1ccc(C(O)CC2=CC(=O)N(c3cc(C)on3)C2)cc1. The highest BCUT2D eigenvalue weighted by atomic mass is 16.5. The summed E-state index contributed by atoms with van der Waals surface area (Å²) in [5, 5.41) is 14.2. The van der Waals surface area contributed by atoms with Gasteiger partial charge in [-0.3, -0.25) is 9.69 Å². The molecule has 1 N–H and O–H groups in total. The number of ether oxygens (including phenoxy) is 1. The lowest BCUT2D eigenvalue weighted by Gasteiger charge is -2.15. The molecule has 1 atom stereocenters. The van der Waals surface area contributed by atoms with E-state index in [1.807, 2.05) is 12.1 Å². The molecule has 0 saturated carbocycles. The Morgan fingerprint density at radius 2 is 2.13 bits per heavy atom. The van der Waals surface area contributed by atoms with Crippen molar-refractivity contribution in [3.05, 3.63) is 53.3 Å². The van der Waals surface area contributed by atoms with Crippen LogP contribution in [0.3, 0.4) is 0 Å². The van der Waals surface area contributed by atoms with Crippen LogP contribution in [0.15, 0.2) is 46.5 Å². The van der Waals surface area contributed by atoms with Gasteiger partial charge in [-0.2, -0.15) is 0 Å². The molecule has 0 spiro atoms. The molecule has 6 heteroatoms. The zero-order chi connectivity index (χ0) is 16.4. The first kappa shape index (κ1) is 15.3. The molecular weight excluding hydrogens is 296 g/mol. The van der Waals surface area contributed by atoms with Gasteiger partial charge < -0.3 is 14.4 Å². The van der Waals surface area contributed by atoms with E-state index < -0.39 is 6.10 Å². The van der Waals surface area contributed by atoms with Gasteiger partial charge in [-0.25, -0.2) is 0 Å². The number of hydrogen-bond donors (Lipinski definition) is 1. The minimum atomic E-state index is -0.668. The van der Waals surface area contributed by atoms with Crippen LogP contribution < -0.4 is 9.64 Å². The second-order valence-electron chi connectivity index (χ2n) is 5.52. The number of aryl methyl sites for hydroxylation is 1. The maximum Gasteiger partial charge on any atom is 0.252 e. The molecule has 0 radical (unpaired) electrons. The number of aliphatic hydroxyl groups excluding tert-OH is 1. The fourth-order valence-corrected chi connectivity index (χ4v) is 2.57. The van der Waals surface area contributed by atoms with Gasteiger partial charge in [-0.05, 0) is 30.2 Å². The van der Waals surface area contributed by atoms with Crippen molar-refractivity contribution in [2.24, 2.45) is 0 Å². The molecule has 0 bridgehead atoms. The number of hydrogen-bond acceptors (Lipinski definition) is 5. The molecule has 6 nitrogen and oxygen atoms in total. The number of methoxy groups -OCH3 is 1. The Labute approximate surface area is 134 Å². The Morgan fingerprint density at radius 1 is 1.39 bits per heavy atom. The first-order chi connectivity index (χ1) is 11.1. The number of benzene rings is 1. The van der Waals surface area contributed by atoms with Crippen LogP contribution in [0.5, 0.6) is 5.75 Å². The van der Waals surface area contributed by atoms with Crippen molar-refractivity contribution in [1.82, 2.24) is 5.16 Å². The van der Waals surface area contributed by atoms with Gasteiger partial charge in [0.05, 0.1) is 13.2 Å². The predicted molar refractivity (Wildman–Crippen MR) is 84.2 cm³/mol. The quantitative estimate of drug-likeness (QED) is 0.917. The third-order valence-electron chi connectivity index (χ3n) is 3.80. The number of aromatic nitrogens is 1. The van der Waals surface area contributed by atoms with Crippen LogP contribution in [-0.4, -0.2) is 29.8 Å². The minimum absolute atomic E-state index is 0.143. The second kappa shape index (κ2) is 6.26. The average molecular weight is 314 g/mol. The van der Waals surface area contributed by atoms with E-state index >= 15 is 0 Å². The molecule has 1 aromatic carbocycles. The average Bonchev–Trinajstić information content (AvgIpc) is 3.13. The summed E-state index contributed by atoms with van der Waals surface area (Å²) in [5.41, 5.74) is 1.65. The van der Waals surface area contributed by atoms with Crippen molar-refractivity contribution in [3.8, 4) is 5.75 Å². The van der Waals surface area contributed by atoms with Gasteiger partial charge in [0.2, 0.25) is 0 Å². The molecule has 1 unspecified atom stereocenters. The third-order valence-corrected chi connectivity index (χ3v) is 3.80. The lowest BCUT2D eigenvalue weighted by atomic mass is 10.0. The monoisotopic (exact) mass is 314 g/mol. The normalized spacial score (nSPS) is 15.7. The van der Waals surface area contributed by atoms with Crippen LogP contribution in [-0.2, 0) is 4.79 Å². The summed E-state index contributed by atoms with van der Waals surface area (Å²) < 4.78 is 10.1. The summed E-state index contributed by atoms with van der Waals surface area (Å²) >= 11 is 0. The van der Waals surface area contributed by atoms with E-state index in [4.69, 9.17) is 9.26 Å². The van der Waals surface area contributed by atoms with Gasteiger partial charge in [0.1, 0.15) is 11.5 Å². The van der Waals surface area contributed by atoms with E-state index in [9.17, 15) is 9.90 Å². The predicted octanol–water partition coefficient (Wildman–Crippen LogP) is 2.39. The van der Waals surface area contributed by atoms with Crippen molar-refractivity contribution in [2.75, 3.05) is 18.6 Å². The lowest BCUT2D eigenvalue weighted by molar-refractivity contribution is -0.113. The summed E-state index contributed by atoms with van der Waals surface area (Å²) in [7, 11) is 1.60. The van der Waals surface area contributed by atoms with Gasteiger partial charge in [0.15, 0.2) is 5.82 Å². The van der Waals surface area contributed by atoms with Crippen LogP contribution in [0.4, 0.5) is 5.82 Å². The Balaban J connectivity index is 1.66. The topological polar surface area (TPSA) is 75.8 Å². The maximum atomic E-state index is 12.1. The van der Waals surface area contributed by atoms with E-state index in [0.29, 0.717) is 24.5 Å². The molecule has 3 rings (SSSR count). The highest BCUT2D eigenvalue weighted by Crippen LogP contribution is 2.28. The Hall–Kier alpha value is -2.60. The zero-order valence-electron chi connectivity index (χ0n) is 13.0. The van der Waals surface area contributed by atoms with E-state index in [2.05, 4.69) is 5.16 Å². The van der Waals surface area contributed by atoms with Crippen molar-refractivity contribution < 1.29 is 19.2 Å². The Morgan fingerprint density at radius 3 is 2.74 bits per heavy atom. The van der Waals surface area contributed by atoms with Gasteiger partial charge in [-0.15, -0.1) is 0 Å². The van der Waals surface area contributed by atoms with Gasteiger partial charge in [0, 0.05) is 25.1 Å². The molecule has 0 aliphatic carbocycles. The Kier molecular flexibility index (Phi) is 4.16. The molecule has 2 aromatic rings. The number of carbonyl (C=O) groups is 1. The third kappa shape index (κ3) is 3.27. The standard InChI is InChI=1S/C17H18N2O4/c1-11-7-16(18-23-11)19-10-12(9-17(19)21)8-15(20)13-3-5-14(22-2)6-4-13/h3-7,9,15,20H,8,10H2,1-2H3. The van der Waals surface area contributed by atoms with Crippen LogP contribution >= 0.6 is 0 Å². The van der Waals surface area contributed by atoms with Crippen LogP contribution in [0.25, 0.3) is 0 Å². The van der Waals surface area contributed by atoms with Gasteiger partial charge >= 0.3 is 0 Å². The van der Waals surface area contributed by atoms with E-state index in [0.717, 1.165) is 16.9 Å². The highest BCUT2D eigenvalue weighted by Gasteiger charge is 2.26. The number of nitrogens with zero attached hydrogens (tertiary/aromatic N) is 2. The number of rotatable bonds is 5. The molecule has 1 aliphatic heterocycles. The van der Waals surface area contributed by atoms with Crippen molar-refractivity contribution in [1.29, 1.82) is 0 Å². The van der Waals surface area contributed by atoms with Gasteiger partial charge in [0.25, 0.3) is 5.91 Å². The summed E-state index contributed by atoms with van der Waals surface area (Å²) in [4.78, 5) is 13.6. The molecule has 23 heavy (non-hydrogen) atoms. The van der Waals surface area contributed by atoms with Crippen LogP contribution in [0.2, 0.25) is 0 Å². The summed E-state index contributed by atoms with van der Waals surface area (Å²) in [6.45, 7) is 2.19. The molecule has 1 amide bonds. The largest absolute Gasteiger partial charge is 0.497 e. The fraction of sp³-hybridized carbons (Fsp3) is 0.294. The van der Waals surface area contributed by atoms with Crippen molar-refractivity contribution >= 4 is 11.7 Å². The molecular formula is C17H18N2O4. The number of amides is 1. The van der Waals surface area contributed by atoms with Crippen molar-refractivity contribution in [2.45, 2.75) is 19.4 Å². The molecule has 1 aliphatic rings. The van der Waals surface area contributed by atoms with Crippen LogP contribution in [0.1, 0.15) is 23.8 Å². The summed E-state index contributed by atoms with van der Waals surface area (Å²) in [5.74, 6) is 1.75. The molecule has 2 heterocycles. The summed E-state index contributed by atoms with van der Waals surface area (Å²) in [6, 6.07) is 8.96. The molecule has 0 saturated heterocycles. The fourth-order valence-electron chi connectivity index (χ4n) is 2.57. The first-order valence-corrected chi connectivity index (χ1v) is 7.33. The van der Waals surface area contributed by atoms with Crippen LogP contribution in [0, 0.1) is 6.92 Å². The smallest absolute Gasteiger partial charge is 0.252 e. The van der Waals surface area contributed by atoms with Gasteiger partial charge in [-0.1, -0.05) is 17.3 Å². The maximum absolute atomic E-state index is 12.1. The number of aliphatic hydroxyl groups is 1. The molecule has 1 aromatic heterocycles. The van der Waals surface area contributed by atoms with E-state index in [1.165, 1.54) is 4.90 Å². The Bertz CT molecular complexity index is 733. The lowest BCUT2D eigenvalue weighted by Crippen LogP contribution is -2.25. The van der Waals surface area contributed by atoms with E-state index in [1.54, 1.807) is 38.3 Å². The molecule has 0 fully saturated rings. The number of carbonyl (C=O) groups excluding carboxylic acids is 1.